The van der Waals surface area contributed by atoms with Crippen molar-refractivity contribution in [2.75, 3.05) is 6.61 Å². The van der Waals surface area contributed by atoms with Crippen LogP contribution in [0.15, 0.2) is 66.7 Å². The van der Waals surface area contributed by atoms with Crippen LogP contribution in [-0.4, -0.2) is 6.61 Å². The molecule has 0 N–H and O–H groups in total. The Balaban J connectivity index is 1.06. The molecule has 0 amide bonds. The van der Waals surface area contributed by atoms with Crippen molar-refractivity contribution in [3.05, 3.63) is 101 Å². The Morgan fingerprint density at radius 2 is 1.55 bits per heavy atom. The van der Waals surface area contributed by atoms with Crippen molar-refractivity contribution in [2.24, 2.45) is 17.8 Å². The van der Waals surface area contributed by atoms with Crippen LogP contribution in [0.2, 0.25) is 0 Å². The van der Waals surface area contributed by atoms with E-state index in [4.69, 9.17) is 4.74 Å². The van der Waals surface area contributed by atoms with Crippen LogP contribution in [0.1, 0.15) is 81.0 Å². The monoisotopic (exact) mass is 542 g/mol. The van der Waals surface area contributed by atoms with Crippen LogP contribution in [-0.2, 0) is 25.7 Å². The van der Waals surface area contributed by atoms with Gasteiger partial charge in [0, 0.05) is 5.56 Å². The lowest BCUT2D eigenvalue weighted by Gasteiger charge is -2.36. The number of benzene rings is 3. The number of aryl methyl sites for hydroxylation is 3. The van der Waals surface area contributed by atoms with Crippen LogP contribution < -0.4 is 4.74 Å². The van der Waals surface area contributed by atoms with Crippen LogP contribution in [0.25, 0.3) is 11.1 Å². The Morgan fingerprint density at radius 3 is 2.30 bits per heavy atom. The number of hydrogen-bond donors (Lipinski definition) is 0. The predicted octanol–water partition coefficient (Wildman–Crippen LogP) is 10.1. The Hall–Kier alpha value is -2.94. The van der Waals surface area contributed by atoms with Crippen molar-refractivity contribution in [1.29, 1.82) is 0 Å². The molecule has 3 aromatic rings. The second-order valence-electron chi connectivity index (χ2n) is 11.9. The van der Waals surface area contributed by atoms with Gasteiger partial charge in [0.15, 0.2) is 11.6 Å². The molecular formula is C37H44F2O. The van der Waals surface area contributed by atoms with Gasteiger partial charge in [0.2, 0.25) is 5.82 Å². The lowest BCUT2D eigenvalue weighted by molar-refractivity contribution is 0.206. The molecule has 0 heterocycles. The first-order valence-corrected chi connectivity index (χ1v) is 15.5. The molecule has 0 saturated heterocycles. The maximum Gasteiger partial charge on any atom is 0.201 e. The predicted molar refractivity (Wildman–Crippen MR) is 162 cm³/mol. The highest BCUT2D eigenvalue weighted by molar-refractivity contribution is 5.65. The standard InChI is InChI=1S/C37H44F2O/c1-3-7-28-14-19-33-25-32(21-20-31(33)24-28)29-15-10-26(11-16-29)8-5-6-9-27-12-17-30(18-13-27)34-22-23-35(40-4-2)37(39)36(34)38/h5,8,12-14,17-19,22-24,26,29,32H,3-4,6-7,9-11,15-16,20-21,25H2,1-2H3/b8-5+. The summed E-state index contributed by atoms with van der Waals surface area (Å²) in [5, 5.41) is 0. The minimum absolute atomic E-state index is 0.0405. The number of hydrogen-bond acceptors (Lipinski definition) is 1. The molecule has 2 aliphatic carbocycles. The molecule has 1 atom stereocenters. The molecule has 212 valence electrons. The van der Waals surface area contributed by atoms with Gasteiger partial charge in [-0.1, -0.05) is 68.0 Å². The molecule has 0 aliphatic heterocycles. The van der Waals surface area contributed by atoms with Gasteiger partial charge in [-0.2, -0.15) is 4.39 Å². The number of halogens is 2. The van der Waals surface area contributed by atoms with Gasteiger partial charge in [-0.05, 0) is 129 Å². The number of fused-ring (bicyclic) bond motifs is 1. The molecule has 1 nitrogen and oxygen atoms in total. The molecule has 3 aromatic carbocycles. The maximum absolute atomic E-state index is 14.6. The topological polar surface area (TPSA) is 9.23 Å². The number of allylic oxidation sites excluding steroid dienone is 2. The summed E-state index contributed by atoms with van der Waals surface area (Å²) < 4.78 is 34.0. The highest BCUT2D eigenvalue weighted by atomic mass is 19.2. The molecule has 1 unspecified atom stereocenters. The van der Waals surface area contributed by atoms with Crippen molar-refractivity contribution in [3.8, 4) is 16.9 Å². The first kappa shape index (κ1) is 28.6. The molecule has 5 rings (SSSR count). The van der Waals surface area contributed by atoms with E-state index in [0.29, 0.717) is 18.1 Å². The van der Waals surface area contributed by atoms with E-state index in [-0.39, 0.29) is 11.3 Å². The first-order chi connectivity index (χ1) is 19.6. The highest BCUT2D eigenvalue weighted by Gasteiger charge is 2.29. The van der Waals surface area contributed by atoms with Gasteiger partial charge in [0.1, 0.15) is 0 Å². The second kappa shape index (κ2) is 13.6. The lowest BCUT2D eigenvalue weighted by Crippen LogP contribution is -2.26. The maximum atomic E-state index is 14.6. The summed E-state index contributed by atoms with van der Waals surface area (Å²) in [6, 6.07) is 18.2. The van der Waals surface area contributed by atoms with Crippen LogP contribution in [0.5, 0.6) is 5.75 Å². The van der Waals surface area contributed by atoms with E-state index in [1.165, 1.54) is 75.0 Å². The van der Waals surface area contributed by atoms with E-state index in [1.54, 1.807) is 24.1 Å². The third-order valence-corrected chi connectivity index (χ3v) is 9.18. The Kier molecular flexibility index (Phi) is 9.73. The van der Waals surface area contributed by atoms with Crippen LogP contribution >= 0.6 is 0 Å². The Morgan fingerprint density at radius 1 is 0.775 bits per heavy atom. The fourth-order valence-electron chi connectivity index (χ4n) is 6.90. The number of rotatable bonds is 10. The smallest absolute Gasteiger partial charge is 0.201 e. The second-order valence-corrected chi connectivity index (χ2v) is 11.9. The fraction of sp³-hybridized carbons (Fsp3) is 0.459. The molecule has 1 saturated carbocycles. The zero-order valence-electron chi connectivity index (χ0n) is 24.2. The van der Waals surface area contributed by atoms with Gasteiger partial charge < -0.3 is 4.74 Å². The summed E-state index contributed by atoms with van der Waals surface area (Å²) in [4.78, 5) is 0. The average Bonchev–Trinajstić information content (AvgIpc) is 2.98. The normalized spacial score (nSPS) is 20.9. The molecular weight excluding hydrogens is 498 g/mol. The Labute approximate surface area is 239 Å². The zero-order chi connectivity index (χ0) is 27.9. The van der Waals surface area contributed by atoms with E-state index in [0.717, 1.165) is 24.7 Å². The minimum Gasteiger partial charge on any atom is -0.491 e. The molecule has 0 radical (unpaired) electrons. The molecule has 2 aliphatic rings. The molecule has 0 spiro atoms. The van der Waals surface area contributed by atoms with Gasteiger partial charge >= 0.3 is 0 Å². The van der Waals surface area contributed by atoms with Crippen molar-refractivity contribution in [2.45, 2.75) is 84.5 Å². The van der Waals surface area contributed by atoms with Gasteiger partial charge in [0.25, 0.3) is 0 Å². The SMILES string of the molecule is CCCc1ccc2c(c1)CCC(C1CCC(/C=C/CCc3ccc(-c4ccc(OCC)c(F)c4F)cc3)CC1)C2. The molecule has 0 aromatic heterocycles. The van der Waals surface area contributed by atoms with Gasteiger partial charge in [0.05, 0.1) is 6.61 Å². The van der Waals surface area contributed by atoms with Crippen LogP contribution in [0.4, 0.5) is 8.78 Å². The van der Waals surface area contributed by atoms with E-state index in [9.17, 15) is 8.78 Å². The summed E-state index contributed by atoms with van der Waals surface area (Å²) in [6.07, 6.45) is 18.5. The summed E-state index contributed by atoms with van der Waals surface area (Å²) in [7, 11) is 0. The summed E-state index contributed by atoms with van der Waals surface area (Å²) >= 11 is 0. The molecule has 40 heavy (non-hydrogen) atoms. The van der Waals surface area contributed by atoms with Crippen LogP contribution in [0.3, 0.4) is 0 Å². The quantitative estimate of drug-likeness (QED) is 0.232. The van der Waals surface area contributed by atoms with E-state index in [2.05, 4.69) is 37.3 Å². The summed E-state index contributed by atoms with van der Waals surface area (Å²) in [5.74, 6) is 0.647. The van der Waals surface area contributed by atoms with Crippen molar-refractivity contribution >= 4 is 0 Å². The summed E-state index contributed by atoms with van der Waals surface area (Å²) in [5.41, 5.74) is 6.90. The fourth-order valence-corrected chi connectivity index (χ4v) is 6.90. The van der Waals surface area contributed by atoms with Crippen molar-refractivity contribution in [1.82, 2.24) is 0 Å². The molecule has 1 fully saturated rings. The third kappa shape index (κ3) is 6.85. The average molecular weight is 543 g/mol. The zero-order valence-corrected chi connectivity index (χ0v) is 24.2. The van der Waals surface area contributed by atoms with Gasteiger partial charge in [-0.25, -0.2) is 4.39 Å². The first-order valence-electron chi connectivity index (χ1n) is 15.5. The number of ether oxygens (including phenoxy) is 1. The summed E-state index contributed by atoms with van der Waals surface area (Å²) in [6.45, 7) is 4.32. The van der Waals surface area contributed by atoms with E-state index >= 15 is 0 Å². The lowest BCUT2D eigenvalue weighted by atomic mass is 9.69. The van der Waals surface area contributed by atoms with Crippen molar-refractivity contribution in [3.63, 3.8) is 0 Å². The third-order valence-electron chi connectivity index (χ3n) is 9.18. The minimum atomic E-state index is -0.924. The largest absolute Gasteiger partial charge is 0.491 e. The van der Waals surface area contributed by atoms with Gasteiger partial charge in [-0.3, -0.25) is 0 Å². The highest BCUT2D eigenvalue weighted by Crippen LogP contribution is 2.40. The molecule has 0 bridgehead atoms. The van der Waals surface area contributed by atoms with Crippen molar-refractivity contribution < 1.29 is 13.5 Å². The van der Waals surface area contributed by atoms with Crippen LogP contribution in [0, 0.1) is 29.4 Å². The molecule has 3 heteroatoms. The van der Waals surface area contributed by atoms with E-state index < -0.39 is 11.6 Å². The van der Waals surface area contributed by atoms with E-state index in [1.807, 2.05) is 24.3 Å². The van der Waals surface area contributed by atoms with Gasteiger partial charge in [-0.15, -0.1) is 0 Å². The Bertz CT molecular complexity index is 1280.